The largest absolute Gasteiger partial charge is 0.339 e. The number of hydrogen-bond acceptors (Lipinski definition) is 3. The van der Waals surface area contributed by atoms with Gasteiger partial charge in [0.05, 0.1) is 5.56 Å². The molecule has 0 unspecified atom stereocenters. The zero-order valence-corrected chi connectivity index (χ0v) is 15.0. The molecule has 6 heteroatoms. The first-order valence-corrected chi connectivity index (χ1v) is 8.57. The second-order valence-electron chi connectivity index (χ2n) is 7.18. The predicted octanol–water partition coefficient (Wildman–Crippen LogP) is 2.24. The highest BCUT2D eigenvalue weighted by Gasteiger charge is 2.23. The van der Waals surface area contributed by atoms with Gasteiger partial charge in [-0.1, -0.05) is 20.8 Å². The monoisotopic (exact) mass is 333 g/mol. The Kier molecular flexibility index (Phi) is 5.80. The predicted molar refractivity (Wildman–Crippen MR) is 94.1 cm³/mol. The van der Waals surface area contributed by atoms with Crippen LogP contribution in [0.25, 0.3) is 0 Å². The number of rotatable bonds is 4. The Bertz CT molecular complexity index is 671. The van der Waals surface area contributed by atoms with E-state index >= 15 is 0 Å². The number of aromatic nitrogens is 1. The van der Waals surface area contributed by atoms with Gasteiger partial charge in [-0.05, 0) is 30.7 Å². The zero-order chi connectivity index (χ0) is 17.9. The van der Waals surface area contributed by atoms with Crippen molar-refractivity contribution in [2.75, 3.05) is 18.4 Å². The maximum atomic E-state index is 12.7. The van der Waals surface area contributed by atoms with Crippen LogP contribution in [0, 0.1) is 11.8 Å². The molecular weight excluding hydrogens is 306 g/mol. The van der Waals surface area contributed by atoms with Crippen molar-refractivity contribution in [2.45, 2.75) is 40.0 Å². The van der Waals surface area contributed by atoms with Gasteiger partial charge >= 0.3 is 0 Å². The lowest BCUT2D eigenvalue weighted by molar-refractivity contribution is -0.116. The Morgan fingerprint density at radius 1 is 1.29 bits per heavy atom. The van der Waals surface area contributed by atoms with Crippen LogP contribution in [-0.2, 0) is 11.8 Å². The minimum Gasteiger partial charge on any atom is -0.339 e. The molecule has 0 atom stereocenters. The topological polar surface area (TPSA) is 71.4 Å². The summed E-state index contributed by atoms with van der Waals surface area (Å²) in [7, 11) is 1.59. The maximum absolute atomic E-state index is 12.7. The van der Waals surface area contributed by atoms with E-state index in [1.807, 2.05) is 18.7 Å². The Hall–Kier alpha value is -2.11. The average molecular weight is 333 g/mol. The van der Waals surface area contributed by atoms with Gasteiger partial charge in [0, 0.05) is 32.8 Å². The molecule has 2 heterocycles. The van der Waals surface area contributed by atoms with Crippen molar-refractivity contribution in [1.82, 2.24) is 9.47 Å². The molecule has 1 aromatic rings. The third-order valence-corrected chi connectivity index (χ3v) is 4.37. The minimum absolute atomic E-state index is 0.0862. The molecule has 0 spiro atoms. The Labute approximate surface area is 142 Å². The summed E-state index contributed by atoms with van der Waals surface area (Å²) in [5.41, 5.74) is 0.293. The number of carbonyl (C=O) groups excluding carboxylic acids is 2. The molecule has 0 saturated carbocycles. The number of anilines is 1. The molecule has 1 fully saturated rings. The fraction of sp³-hybridized carbons (Fsp3) is 0.611. The smallest absolute Gasteiger partial charge is 0.274 e. The van der Waals surface area contributed by atoms with E-state index in [2.05, 4.69) is 12.2 Å². The first-order valence-electron chi connectivity index (χ1n) is 8.57. The molecule has 1 saturated heterocycles. The van der Waals surface area contributed by atoms with Crippen LogP contribution in [0.3, 0.4) is 0 Å². The molecule has 6 nitrogen and oxygen atoms in total. The van der Waals surface area contributed by atoms with E-state index in [0.717, 1.165) is 25.9 Å². The molecule has 0 aromatic carbocycles. The molecule has 0 radical (unpaired) electrons. The van der Waals surface area contributed by atoms with Crippen molar-refractivity contribution in [3.05, 3.63) is 28.2 Å². The van der Waals surface area contributed by atoms with Gasteiger partial charge in [0.1, 0.15) is 5.69 Å². The fourth-order valence-electron chi connectivity index (χ4n) is 2.88. The van der Waals surface area contributed by atoms with Crippen LogP contribution in [0.5, 0.6) is 0 Å². The average Bonchev–Trinajstić information content (AvgIpc) is 2.50. The highest BCUT2D eigenvalue weighted by Crippen LogP contribution is 2.18. The Morgan fingerprint density at radius 2 is 1.92 bits per heavy atom. The second-order valence-corrected chi connectivity index (χ2v) is 7.18. The number of aryl methyl sites for hydroxylation is 1. The molecule has 0 aliphatic carbocycles. The summed E-state index contributed by atoms with van der Waals surface area (Å²) in [6, 6.07) is 1.50. The van der Waals surface area contributed by atoms with Crippen molar-refractivity contribution < 1.29 is 9.59 Å². The van der Waals surface area contributed by atoms with Crippen molar-refractivity contribution in [3.8, 4) is 0 Å². The molecule has 1 aliphatic rings. The number of nitrogens with zero attached hydrogens (tertiary/aromatic N) is 2. The molecule has 2 rings (SSSR count). The normalized spacial score (nSPS) is 15.6. The number of carbonyl (C=O) groups is 2. The third-order valence-electron chi connectivity index (χ3n) is 4.37. The lowest BCUT2D eigenvalue weighted by Crippen LogP contribution is -2.38. The van der Waals surface area contributed by atoms with E-state index in [0.29, 0.717) is 17.9 Å². The number of nitrogens with one attached hydrogen (secondary N) is 1. The second kappa shape index (κ2) is 7.64. The highest BCUT2D eigenvalue weighted by molar-refractivity contribution is 5.96. The fourth-order valence-corrected chi connectivity index (χ4v) is 2.88. The molecule has 24 heavy (non-hydrogen) atoms. The molecule has 1 N–H and O–H groups in total. The summed E-state index contributed by atoms with van der Waals surface area (Å²) in [6.07, 6.45) is 3.87. The van der Waals surface area contributed by atoms with Crippen LogP contribution in [-0.4, -0.2) is 34.4 Å². The number of piperidine rings is 1. The van der Waals surface area contributed by atoms with Gasteiger partial charge in [0.2, 0.25) is 5.91 Å². The van der Waals surface area contributed by atoms with Crippen LogP contribution >= 0.6 is 0 Å². The number of likely N-dealkylation sites (tertiary alicyclic amines) is 1. The van der Waals surface area contributed by atoms with Gasteiger partial charge in [-0.15, -0.1) is 0 Å². The lowest BCUT2D eigenvalue weighted by Gasteiger charge is -2.30. The van der Waals surface area contributed by atoms with Crippen molar-refractivity contribution >= 4 is 17.5 Å². The summed E-state index contributed by atoms with van der Waals surface area (Å²) in [4.78, 5) is 38.7. The Balaban J connectivity index is 2.20. The molecule has 0 bridgehead atoms. The van der Waals surface area contributed by atoms with Crippen molar-refractivity contribution in [3.63, 3.8) is 0 Å². The Morgan fingerprint density at radius 3 is 2.50 bits per heavy atom. The van der Waals surface area contributed by atoms with Gasteiger partial charge in [-0.25, -0.2) is 0 Å². The van der Waals surface area contributed by atoms with Gasteiger partial charge < -0.3 is 14.8 Å². The van der Waals surface area contributed by atoms with Gasteiger partial charge in [-0.2, -0.15) is 0 Å². The number of pyridine rings is 1. The number of amides is 2. The van der Waals surface area contributed by atoms with Crippen LogP contribution in [0.4, 0.5) is 5.69 Å². The molecule has 1 aromatic heterocycles. The first kappa shape index (κ1) is 18.2. The van der Waals surface area contributed by atoms with Crippen LogP contribution < -0.4 is 10.9 Å². The van der Waals surface area contributed by atoms with E-state index in [1.165, 1.54) is 10.6 Å². The van der Waals surface area contributed by atoms with Crippen molar-refractivity contribution in [1.29, 1.82) is 0 Å². The van der Waals surface area contributed by atoms with E-state index in [4.69, 9.17) is 0 Å². The molecular formula is C18H27N3O3. The third kappa shape index (κ3) is 4.46. The SMILES string of the molecule is CC(C)CC(=O)Nc1cc(C(=O)N2CCC(C)CC2)cn(C)c1=O. The van der Waals surface area contributed by atoms with E-state index in [-0.39, 0.29) is 29.0 Å². The molecule has 2 amide bonds. The zero-order valence-electron chi connectivity index (χ0n) is 15.0. The summed E-state index contributed by atoms with van der Waals surface area (Å²) in [6.45, 7) is 7.54. The molecule has 132 valence electrons. The van der Waals surface area contributed by atoms with Gasteiger partial charge in [0.25, 0.3) is 11.5 Å². The highest BCUT2D eigenvalue weighted by atomic mass is 16.2. The lowest BCUT2D eigenvalue weighted by atomic mass is 9.99. The van der Waals surface area contributed by atoms with Crippen LogP contribution in [0.1, 0.15) is 50.4 Å². The first-order chi connectivity index (χ1) is 11.3. The van der Waals surface area contributed by atoms with Gasteiger partial charge in [-0.3, -0.25) is 14.4 Å². The summed E-state index contributed by atoms with van der Waals surface area (Å²) >= 11 is 0. The summed E-state index contributed by atoms with van der Waals surface area (Å²) in [5.74, 6) is 0.546. The number of hydrogen-bond donors (Lipinski definition) is 1. The van der Waals surface area contributed by atoms with E-state index in [1.54, 1.807) is 13.2 Å². The van der Waals surface area contributed by atoms with Crippen LogP contribution in [0.2, 0.25) is 0 Å². The van der Waals surface area contributed by atoms with Crippen molar-refractivity contribution in [2.24, 2.45) is 18.9 Å². The molecule has 1 aliphatic heterocycles. The summed E-state index contributed by atoms with van der Waals surface area (Å²) in [5, 5.41) is 2.64. The van der Waals surface area contributed by atoms with E-state index < -0.39 is 0 Å². The maximum Gasteiger partial charge on any atom is 0.274 e. The van der Waals surface area contributed by atoms with Gasteiger partial charge in [0.15, 0.2) is 0 Å². The standard InChI is InChI=1S/C18H27N3O3/c1-12(2)9-16(22)19-15-10-14(11-20(4)18(15)24)17(23)21-7-5-13(3)6-8-21/h10-13H,5-9H2,1-4H3,(H,19,22). The minimum atomic E-state index is -0.309. The van der Waals surface area contributed by atoms with E-state index in [9.17, 15) is 14.4 Å². The van der Waals surface area contributed by atoms with Crippen LogP contribution in [0.15, 0.2) is 17.1 Å². The summed E-state index contributed by atoms with van der Waals surface area (Å²) < 4.78 is 1.35. The quantitative estimate of drug-likeness (QED) is 0.918.